The number of hydrogen-bond donors (Lipinski definition) is 2. The van der Waals surface area contributed by atoms with Crippen molar-refractivity contribution in [1.29, 1.82) is 0 Å². The molecule has 1 amide bonds. The van der Waals surface area contributed by atoms with Crippen molar-refractivity contribution in [2.24, 2.45) is 0 Å². The first-order chi connectivity index (χ1) is 12.7. The molecule has 0 aliphatic carbocycles. The van der Waals surface area contributed by atoms with Gasteiger partial charge in [0.05, 0.1) is 13.2 Å². The normalized spacial score (nSPS) is 14.3. The molecule has 3 heterocycles. The number of anilines is 2. The largest absolute Gasteiger partial charge is 0.378 e. The van der Waals surface area contributed by atoms with Gasteiger partial charge in [-0.05, 0) is 30.4 Å². The maximum atomic E-state index is 11.9. The fourth-order valence-corrected chi connectivity index (χ4v) is 3.69. The average molecular weight is 375 g/mol. The van der Waals surface area contributed by atoms with E-state index in [2.05, 4.69) is 43.9 Å². The molecule has 1 aliphatic heterocycles. The third-order valence-corrected chi connectivity index (χ3v) is 5.37. The van der Waals surface area contributed by atoms with Crippen molar-refractivity contribution in [2.75, 3.05) is 49.6 Å². The number of carbonyl (C=O) groups is 1. The van der Waals surface area contributed by atoms with Crippen LogP contribution in [0.3, 0.4) is 0 Å². The number of nitrogens with one attached hydrogen (secondary N) is 2. The van der Waals surface area contributed by atoms with E-state index in [1.807, 2.05) is 6.07 Å². The van der Waals surface area contributed by atoms with Gasteiger partial charge in [-0.3, -0.25) is 4.79 Å². The summed E-state index contributed by atoms with van der Waals surface area (Å²) in [5.74, 6) is 1.75. The van der Waals surface area contributed by atoms with Crippen LogP contribution in [0.1, 0.15) is 16.9 Å². The highest BCUT2D eigenvalue weighted by Crippen LogP contribution is 2.17. The van der Waals surface area contributed by atoms with Gasteiger partial charge >= 0.3 is 0 Å². The molecule has 1 saturated heterocycles. The Balaban J connectivity index is 1.36. The first-order valence-electron chi connectivity index (χ1n) is 8.90. The van der Waals surface area contributed by atoms with E-state index < -0.39 is 0 Å². The number of ether oxygens (including phenoxy) is 1. The van der Waals surface area contributed by atoms with E-state index in [4.69, 9.17) is 4.74 Å². The van der Waals surface area contributed by atoms with E-state index in [9.17, 15) is 4.79 Å². The molecule has 2 N–H and O–H groups in total. The Bertz CT molecular complexity index is 715. The second-order valence-corrected chi connectivity index (χ2v) is 7.17. The van der Waals surface area contributed by atoms with Crippen molar-refractivity contribution >= 4 is 28.9 Å². The zero-order valence-corrected chi connectivity index (χ0v) is 15.8. The Kier molecular flexibility index (Phi) is 6.79. The molecule has 8 heteroatoms. The molecular formula is C18H25N5O2S. The van der Waals surface area contributed by atoms with Gasteiger partial charge in [-0.25, -0.2) is 9.97 Å². The molecule has 1 aliphatic rings. The Morgan fingerprint density at radius 3 is 2.92 bits per heavy atom. The van der Waals surface area contributed by atoms with Crippen LogP contribution in [0.15, 0.2) is 23.8 Å². The van der Waals surface area contributed by atoms with Crippen molar-refractivity contribution in [3.8, 4) is 0 Å². The predicted octanol–water partition coefficient (Wildman–Crippen LogP) is 1.84. The topological polar surface area (TPSA) is 79.4 Å². The van der Waals surface area contributed by atoms with Crippen LogP contribution < -0.4 is 15.5 Å². The minimum Gasteiger partial charge on any atom is -0.378 e. The molecule has 1 fully saturated rings. The highest BCUT2D eigenvalue weighted by atomic mass is 32.1. The summed E-state index contributed by atoms with van der Waals surface area (Å²) in [6, 6.07) is 4.03. The lowest BCUT2D eigenvalue weighted by Gasteiger charge is -2.27. The third-order valence-electron chi connectivity index (χ3n) is 4.29. The van der Waals surface area contributed by atoms with Gasteiger partial charge in [0.2, 0.25) is 5.91 Å². The summed E-state index contributed by atoms with van der Waals surface area (Å²) in [5.41, 5.74) is 1.27. The van der Waals surface area contributed by atoms with Gasteiger partial charge in [-0.15, -0.1) is 11.3 Å². The predicted molar refractivity (Wildman–Crippen MR) is 104 cm³/mol. The first kappa shape index (κ1) is 18.6. The number of morpholine rings is 1. The van der Waals surface area contributed by atoms with E-state index in [1.54, 1.807) is 17.7 Å². The molecule has 0 saturated carbocycles. The minimum atomic E-state index is 0.0799. The van der Waals surface area contributed by atoms with Crippen LogP contribution in [-0.2, 0) is 16.0 Å². The molecule has 3 rings (SSSR count). The molecule has 140 valence electrons. The first-order valence-corrected chi connectivity index (χ1v) is 9.78. The number of nitrogens with zero attached hydrogens (tertiary/aromatic N) is 3. The smallest absolute Gasteiger partial charge is 0.220 e. The molecule has 7 nitrogen and oxygen atoms in total. The SMILES string of the molecule is Cc1ccsc1CCC(=O)NCCNc1cc(N2CCOCC2)ncn1. The molecule has 0 radical (unpaired) electrons. The van der Waals surface area contributed by atoms with Gasteiger partial charge < -0.3 is 20.3 Å². The third kappa shape index (κ3) is 5.40. The molecule has 0 aromatic carbocycles. The highest BCUT2D eigenvalue weighted by molar-refractivity contribution is 7.10. The summed E-state index contributed by atoms with van der Waals surface area (Å²) in [5, 5.41) is 8.25. The monoisotopic (exact) mass is 375 g/mol. The summed E-state index contributed by atoms with van der Waals surface area (Å²) < 4.78 is 5.36. The number of hydrogen-bond acceptors (Lipinski definition) is 7. The molecular weight excluding hydrogens is 350 g/mol. The number of amides is 1. The summed E-state index contributed by atoms with van der Waals surface area (Å²) in [7, 11) is 0. The van der Waals surface area contributed by atoms with Gasteiger partial charge in [0, 0.05) is 43.5 Å². The number of aryl methyl sites for hydroxylation is 2. The van der Waals surface area contributed by atoms with E-state index >= 15 is 0 Å². The van der Waals surface area contributed by atoms with E-state index in [0.717, 1.165) is 44.4 Å². The van der Waals surface area contributed by atoms with Gasteiger partial charge in [0.15, 0.2) is 0 Å². The van der Waals surface area contributed by atoms with Crippen LogP contribution in [-0.4, -0.2) is 55.3 Å². The molecule has 0 atom stereocenters. The molecule has 26 heavy (non-hydrogen) atoms. The lowest BCUT2D eigenvalue weighted by molar-refractivity contribution is -0.120. The van der Waals surface area contributed by atoms with Gasteiger partial charge in [-0.2, -0.15) is 0 Å². The summed E-state index contributed by atoms with van der Waals surface area (Å²) >= 11 is 1.71. The Hall–Kier alpha value is -2.19. The zero-order chi connectivity index (χ0) is 18.2. The summed E-state index contributed by atoms with van der Waals surface area (Å²) in [6.07, 6.45) is 2.89. The van der Waals surface area contributed by atoms with Crippen molar-refractivity contribution in [3.63, 3.8) is 0 Å². The minimum absolute atomic E-state index is 0.0799. The molecule has 2 aromatic rings. The van der Waals surface area contributed by atoms with E-state index in [1.165, 1.54) is 10.4 Å². The number of thiophene rings is 1. The highest BCUT2D eigenvalue weighted by Gasteiger charge is 2.13. The molecule has 0 bridgehead atoms. The lowest BCUT2D eigenvalue weighted by Crippen LogP contribution is -2.36. The Morgan fingerprint density at radius 2 is 2.15 bits per heavy atom. The fraction of sp³-hybridized carbons (Fsp3) is 0.500. The second-order valence-electron chi connectivity index (χ2n) is 6.16. The maximum absolute atomic E-state index is 11.9. The van der Waals surface area contributed by atoms with E-state index in [0.29, 0.717) is 19.5 Å². The second kappa shape index (κ2) is 9.49. The molecule has 0 spiro atoms. The lowest BCUT2D eigenvalue weighted by atomic mass is 10.2. The maximum Gasteiger partial charge on any atom is 0.220 e. The van der Waals surface area contributed by atoms with Crippen LogP contribution in [0, 0.1) is 6.92 Å². The quantitative estimate of drug-likeness (QED) is 0.686. The van der Waals surface area contributed by atoms with Crippen molar-refractivity contribution in [2.45, 2.75) is 19.8 Å². The number of aromatic nitrogens is 2. The Labute approximate surface area is 157 Å². The number of carbonyl (C=O) groups excluding carboxylic acids is 1. The van der Waals surface area contributed by atoms with Crippen LogP contribution in [0.5, 0.6) is 0 Å². The van der Waals surface area contributed by atoms with Crippen LogP contribution in [0.25, 0.3) is 0 Å². The van der Waals surface area contributed by atoms with Gasteiger partial charge in [0.1, 0.15) is 18.0 Å². The standard InChI is InChI=1S/C18H25N5O2S/c1-14-4-11-26-15(14)2-3-18(24)20-6-5-19-16-12-17(22-13-21-16)23-7-9-25-10-8-23/h4,11-13H,2-3,5-10H2,1H3,(H,20,24)(H,19,21,22). The van der Waals surface area contributed by atoms with Crippen molar-refractivity contribution in [1.82, 2.24) is 15.3 Å². The molecule has 2 aromatic heterocycles. The fourth-order valence-electron chi connectivity index (χ4n) is 2.78. The summed E-state index contributed by atoms with van der Waals surface area (Å²) in [4.78, 5) is 24.0. The van der Waals surface area contributed by atoms with Gasteiger partial charge in [0.25, 0.3) is 0 Å². The van der Waals surface area contributed by atoms with Crippen molar-refractivity contribution in [3.05, 3.63) is 34.3 Å². The number of rotatable bonds is 8. The Morgan fingerprint density at radius 1 is 1.31 bits per heavy atom. The zero-order valence-electron chi connectivity index (χ0n) is 15.0. The van der Waals surface area contributed by atoms with Crippen LogP contribution in [0.4, 0.5) is 11.6 Å². The van der Waals surface area contributed by atoms with Crippen LogP contribution >= 0.6 is 11.3 Å². The molecule has 0 unspecified atom stereocenters. The summed E-state index contributed by atoms with van der Waals surface area (Å²) in [6.45, 7) is 6.42. The average Bonchev–Trinajstić information content (AvgIpc) is 3.09. The van der Waals surface area contributed by atoms with E-state index in [-0.39, 0.29) is 5.91 Å². The van der Waals surface area contributed by atoms with Crippen molar-refractivity contribution < 1.29 is 9.53 Å². The van der Waals surface area contributed by atoms with Gasteiger partial charge in [-0.1, -0.05) is 0 Å². The van der Waals surface area contributed by atoms with Crippen LogP contribution in [0.2, 0.25) is 0 Å².